The summed E-state index contributed by atoms with van der Waals surface area (Å²) in [6, 6.07) is 15.9. The maximum absolute atomic E-state index is 13.4. The number of carbonyl (C=O) groups excluding carboxylic acids is 1. The number of nitro groups is 1. The number of fused-ring (bicyclic) bond motifs is 1. The lowest BCUT2D eigenvalue weighted by molar-refractivity contribution is -0.384. The minimum Gasteiger partial charge on any atom is -0.343 e. The number of H-pyrrole nitrogens is 1. The van der Waals surface area contributed by atoms with Crippen LogP contribution in [0.15, 0.2) is 75.8 Å². The summed E-state index contributed by atoms with van der Waals surface area (Å²) in [6.45, 7) is 4.08. The van der Waals surface area contributed by atoms with Gasteiger partial charge < -0.3 is 10.3 Å². The number of nitrogens with zero attached hydrogens (tertiary/aromatic N) is 2. The monoisotopic (exact) mass is 488 g/mol. The fourth-order valence-corrected chi connectivity index (χ4v) is 5.63. The van der Waals surface area contributed by atoms with Crippen LogP contribution in [0.5, 0.6) is 0 Å². The van der Waals surface area contributed by atoms with Crippen LogP contribution in [0.2, 0.25) is 0 Å². The van der Waals surface area contributed by atoms with Crippen molar-refractivity contribution in [2.45, 2.75) is 43.5 Å². The van der Waals surface area contributed by atoms with Crippen molar-refractivity contribution in [3.63, 3.8) is 0 Å². The smallest absolute Gasteiger partial charge is 0.269 e. The standard InChI is InChI=1S/C26H24N4O4S/c1-26(2)12-18-21(19(31)13-26)20(16-8-10-17(11-9-16)30(33)34)22-23(27-18)28-25(29-24(22)32)35-14-15-6-4-3-5-7-15/h3-11,20H,12-14H2,1-2H3,(H2,27,28,29,32)/t20-/m1/s1. The summed E-state index contributed by atoms with van der Waals surface area (Å²) in [4.78, 5) is 45.0. The summed E-state index contributed by atoms with van der Waals surface area (Å²) < 4.78 is 0. The molecule has 0 saturated heterocycles. The van der Waals surface area contributed by atoms with E-state index >= 15 is 0 Å². The number of ketones is 1. The second-order valence-corrected chi connectivity index (χ2v) is 10.6. The zero-order chi connectivity index (χ0) is 24.7. The molecule has 0 radical (unpaired) electrons. The van der Waals surface area contributed by atoms with E-state index in [2.05, 4.69) is 10.3 Å². The van der Waals surface area contributed by atoms with E-state index < -0.39 is 10.8 Å². The molecule has 1 aromatic heterocycles. The molecule has 8 nitrogen and oxygen atoms in total. The lowest BCUT2D eigenvalue weighted by Crippen LogP contribution is -2.37. The minimum atomic E-state index is -0.643. The second-order valence-electron chi connectivity index (χ2n) is 9.65. The summed E-state index contributed by atoms with van der Waals surface area (Å²) in [5.41, 5.74) is 2.82. The van der Waals surface area contributed by atoms with Crippen LogP contribution < -0.4 is 10.9 Å². The molecule has 2 aliphatic rings. The molecule has 0 saturated carbocycles. The van der Waals surface area contributed by atoms with E-state index in [4.69, 9.17) is 4.98 Å². The number of carbonyl (C=O) groups is 1. The number of allylic oxidation sites excluding steroid dienone is 2. The molecule has 2 N–H and O–H groups in total. The maximum Gasteiger partial charge on any atom is 0.269 e. The van der Waals surface area contributed by atoms with E-state index in [1.54, 1.807) is 12.1 Å². The van der Waals surface area contributed by atoms with E-state index in [0.717, 1.165) is 11.3 Å². The Kier molecular flexibility index (Phi) is 5.80. The number of non-ortho nitro benzene ring substituents is 1. The van der Waals surface area contributed by atoms with E-state index in [0.29, 0.717) is 46.3 Å². The fourth-order valence-electron chi connectivity index (χ4n) is 4.81. The zero-order valence-electron chi connectivity index (χ0n) is 19.3. The molecule has 178 valence electrons. The third kappa shape index (κ3) is 4.51. The molecule has 2 aromatic carbocycles. The Balaban J connectivity index is 1.59. The molecular weight excluding hydrogens is 464 g/mol. The first-order valence-electron chi connectivity index (χ1n) is 11.3. The van der Waals surface area contributed by atoms with Gasteiger partial charge in [0.1, 0.15) is 5.82 Å². The van der Waals surface area contributed by atoms with Crippen molar-refractivity contribution in [3.8, 4) is 0 Å². The Morgan fingerprint density at radius 2 is 1.80 bits per heavy atom. The second kappa shape index (κ2) is 8.81. The van der Waals surface area contributed by atoms with Crippen molar-refractivity contribution < 1.29 is 9.72 Å². The summed E-state index contributed by atoms with van der Waals surface area (Å²) in [6.07, 6.45) is 1.00. The highest BCUT2D eigenvalue weighted by atomic mass is 32.2. The van der Waals surface area contributed by atoms with Gasteiger partial charge in [0.15, 0.2) is 10.9 Å². The zero-order valence-corrected chi connectivity index (χ0v) is 20.1. The molecule has 2 heterocycles. The number of hydrogen-bond acceptors (Lipinski definition) is 7. The Morgan fingerprint density at radius 1 is 1.09 bits per heavy atom. The summed E-state index contributed by atoms with van der Waals surface area (Å²) >= 11 is 1.43. The average Bonchev–Trinajstić information content (AvgIpc) is 2.81. The molecule has 3 aromatic rings. The van der Waals surface area contributed by atoms with Gasteiger partial charge in [-0.1, -0.05) is 68.1 Å². The molecule has 0 fully saturated rings. The first-order chi connectivity index (χ1) is 16.7. The number of nitro benzene ring substituents is 1. The SMILES string of the molecule is CC1(C)CC(=O)C2=C(C1)Nc1nc(SCc3ccccc3)[nH]c(=O)c1[C@@H]2c1ccc([N+](=O)[O-])cc1. The van der Waals surface area contributed by atoms with Crippen molar-refractivity contribution in [2.75, 3.05) is 5.32 Å². The third-order valence-corrected chi connectivity index (χ3v) is 7.30. The van der Waals surface area contributed by atoms with Crippen LogP contribution in [0.3, 0.4) is 0 Å². The largest absolute Gasteiger partial charge is 0.343 e. The van der Waals surface area contributed by atoms with Gasteiger partial charge in [-0.25, -0.2) is 4.98 Å². The number of anilines is 1. The molecule has 1 aliphatic heterocycles. The van der Waals surface area contributed by atoms with E-state index in [-0.39, 0.29) is 22.4 Å². The quantitative estimate of drug-likeness (QED) is 0.220. The molecule has 1 atom stereocenters. The lowest BCUT2D eigenvalue weighted by atomic mass is 9.69. The number of aromatic nitrogens is 2. The molecule has 0 spiro atoms. The van der Waals surface area contributed by atoms with Crippen LogP contribution in [0.1, 0.15) is 49.3 Å². The predicted octanol–water partition coefficient (Wildman–Crippen LogP) is 5.17. The van der Waals surface area contributed by atoms with Crippen LogP contribution in [0.25, 0.3) is 0 Å². The van der Waals surface area contributed by atoms with Crippen molar-refractivity contribution in [3.05, 3.63) is 103 Å². The van der Waals surface area contributed by atoms with E-state index in [1.165, 1.54) is 23.9 Å². The van der Waals surface area contributed by atoms with Crippen LogP contribution in [-0.4, -0.2) is 20.7 Å². The van der Waals surface area contributed by atoms with Crippen LogP contribution in [0.4, 0.5) is 11.5 Å². The molecule has 1 aliphatic carbocycles. The highest BCUT2D eigenvalue weighted by Gasteiger charge is 2.42. The van der Waals surface area contributed by atoms with Gasteiger partial charge in [0.05, 0.1) is 10.5 Å². The van der Waals surface area contributed by atoms with Gasteiger partial charge in [0, 0.05) is 41.5 Å². The van der Waals surface area contributed by atoms with Gasteiger partial charge in [-0.3, -0.25) is 19.7 Å². The van der Waals surface area contributed by atoms with Crippen molar-refractivity contribution >= 4 is 29.1 Å². The van der Waals surface area contributed by atoms with Gasteiger partial charge in [0.2, 0.25) is 0 Å². The van der Waals surface area contributed by atoms with E-state index in [9.17, 15) is 19.7 Å². The van der Waals surface area contributed by atoms with E-state index in [1.807, 2.05) is 44.2 Å². The number of benzene rings is 2. The summed E-state index contributed by atoms with van der Waals surface area (Å²) in [7, 11) is 0. The first-order valence-corrected chi connectivity index (χ1v) is 12.3. The Bertz CT molecular complexity index is 1410. The molecule has 35 heavy (non-hydrogen) atoms. The molecule has 5 rings (SSSR count). The molecule has 0 bridgehead atoms. The Hall–Kier alpha value is -3.72. The van der Waals surface area contributed by atoms with Gasteiger partial charge >= 0.3 is 0 Å². The summed E-state index contributed by atoms with van der Waals surface area (Å²) in [5, 5.41) is 14.9. The normalized spacial score (nSPS) is 18.5. The van der Waals surface area contributed by atoms with Crippen LogP contribution in [0, 0.1) is 15.5 Å². The van der Waals surface area contributed by atoms with Gasteiger partial charge in [-0.15, -0.1) is 0 Å². The first kappa shape index (κ1) is 23.0. The lowest BCUT2D eigenvalue weighted by Gasteiger charge is -2.38. The number of rotatable bonds is 5. The number of aromatic amines is 1. The summed E-state index contributed by atoms with van der Waals surface area (Å²) in [5.74, 6) is 0.403. The fraction of sp³-hybridized carbons (Fsp3) is 0.269. The highest BCUT2D eigenvalue weighted by molar-refractivity contribution is 7.98. The molecule has 0 unspecified atom stereocenters. The van der Waals surface area contributed by atoms with Gasteiger partial charge in [-0.05, 0) is 23.0 Å². The van der Waals surface area contributed by atoms with Crippen molar-refractivity contribution in [1.82, 2.24) is 9.97 Å². The third-order valence-electron chi connectivity index (χ3n) is 6.36. The topological polar surface area (TPSA) is 118 Å². The van der Waals surface area contributed by atoms with Gasteiger partial charge in [-0.2, -0.15) is 0 Å². The Morgan fingerprint density at radius 3 is 2.49 bits per heavy atom. The molecular formula is C26H24N4O4S. The van der Waals surface area contributed by atoms with Gasteiger partial charge in [0.25, 0.3) is 11.2 Å². The predicted molar refractivity (Wildman–Crippen MR) is 134 cm³/mol. The number of Topliss-reactive ketones (excluding diaryl/α,β-unsaturated/α-hetero) is 1. The van der Waals surface area contributed by atoms with Crippen LogP contribution in [-0.2, 0) is 10.5 Å². The average molecular weight is 489 g/mol. The molecule has 0 amide bonds. The van der Waals surface area contributed by atoms with Crippen molar-refractivity contribution in [1.29, 1.82) is 0 Å². The minimum absolute atomic E-state index is 0.0281. The molecule has 9 heteroatoms. The van der Waals surface area contributed by atoms with Crippen LogP contribution >= 0.6 is 11.8 Å². The number of thioether (sulfide) groups is 1. The highest BCUT2D eigenvalue weighted by Crippen LogP contribution is 2.47. The number of nitrogens with one attached hydrogen (secondary N) is 2. The van der Waals surface area contributed by atoms with Crippen molar-refractivity contribution in [2.24, 2.45) is 5.41 Å². The Labute approximate surface area is 206 Å². The maximum atomic E-state index is 13.4. The number of hydrogen-bond donors (Lipinski definition) is 2.